The van der Waals surface area contributed by atoms with Crippen molar-refractivity contribution in [2.24, 2.45) is 11.7 Å². The largest absolute Gasteiger partial charge is 0.366 e. The number of rotatable bonds is 4. The Morgan fingerprint density at radius 1 is 1.16 bits per heavy atom. The molecular weight excluding hydrogens is 316 g/mol. The SMILES string of the molecule is Cc1cc(NC(=O)N2CCC(CN3CCCCC3)C2)cc(C(N)=O)c1. The summed E-state index contributed by atoms with van der Waals surface area (Å²) in [5, 5.41) is 2.91. The van der Waals surface area contributed by atoms with Gasteiger partial charge in [0.05, 0.1) is 0 Å². The van der Waals surface area contributed by atoms with Gasteiger partial charge in [0.1, 0.15) is 0 Å². The standard InChI is InChI=1S/C19H28N4O2/c1-14-9-16(18(20)24)11-17(10-14)21-19(25)23-8-5-15(13-23)12-22-6-3-2-4-7-22/h9-11,15H,2-8,12-13H2,1H3,(H2,20,24)(H,21,25). The summed E-state index contributed by atoms with van der Waals surface area (Å²) < 4.78 is 0. The molecule has 6 heteroatoms. The van der Waals surface area contributed by atoms with Gasteiger partial charge in [0, 0.05) is 30.9 Å². The van der Waals surface area contributed by atoms with Gasteiger partial charge in [0.2, 0.25) is 5.91 Å². The van der Waals surface area contributed by atoms with Gasteiger partial charge in [-0.05, 0) is 69.0 Å². The second kappa shape index (κ2) is 7.87. The summed E-state index contributed by atoms with van der Waals surface area (Å²) in [4.78, 5) is 28.3. The van der Waals surface area contributed by atoms with Crippen LogP contribution in [0.4, 0.5) is 10.5 Å². The second-order valence-corrected chi connectivity index (χ2v) is 7.34. The molecule has 0 aromatic heterocycles. The highest BCUT2D eigenvalue weighted by atomic mass is 16.2. The van der Waals surface area contributed by atoms with Crippen molar-refractivity contribution in [3.8, 4) is 0 Å². The number of hydrogen-bond acceptors (Lipinski definition) is 3. The molecule has 0 spiro atoms. The van der Waals surface area contributed by atoms with Crippen molar-refractivity contribution in [2.45, 2.75) is 32.6 Å². The van der Waals surface area contributed by atoms with Gasteiger partial charge in [0.15, 0.2) is 0 Å². The number of carbonyl (C=O) groups excluding carboxylic acids is 2. The van der Waals surface area contributed by atoms with E-state index in [0.29, 0.717) is 17.2 Å². The van der Waals surface area contributed by atoms with E-state index in [1.807, 2.05) is 17.9 Å². The topological polar surface area (TPSA) is 78.7 Å². The van der Waals surface area contributed by atoms with Crippen LogP contribution in [0.3, 0.4) is 0 Å². The number of piperidine rings is 1. The lowest BCUT2D eigenvalue weighted by Gasteiger charge is -2.29. The normalized spacial score (nSPS) is 21.3. The molecule has 0 bridgehead atoms. The fraction of sp³-hybridized carbons (Fsp3) is 0.579. The molecule has 2 saturated heterocycles. The van der Waals surface area contributed by atoms with Crippen LogP contribution in [0.1, 0.15) is 41.6 Å². The minimum absolute atomic E-state index is 0.0952. The van der Waals surface area contributed by atoms with E-state index in [-0.39, 0.29) is 6.03 Å². The van der Waals surface area contributed by atoms with Crippen LogP contribution in [0.5, 0.6) is 0 Å². The lowest BCUT2D eigenvalue weighted by Crippen LogP contribution is -2.37. The molecule has 2 aliphatic rings. The molecule has 0 radical (unpaired) electrons. The van der Waals surface area contributed by atoms with Gasteiger partial charge in [-0.3, -0.25) is 4.79 Å². The maximum atomic E-state index is 12.5. The molecule has 3 amide bonds. The first kappa shape index (κ1) is 17.7. The van der Waals surface area contributed by atoms with E-state index in [1.54, 1.807) is 12.1 Å². The van der Waals surface area contributed by atoms with E-state index in [0.717, 1.165) is 31.6 Å². The molecule has 1 aromatic rings. The van der Waals surface area contributed by atoms with E-state index < -0.39 is 5.91 Å². The monoisotopic (exact) mass is 344 g/mol. The number of nitrogens with zero attached hydrogens (tertiary/aromatic N) is 2. The third-order valence-corrected chi connectivity index (χ3v) is 5.15. The number of carbonyl (C=O) groups is 2. The van der Waals surface area contributed by atoms with Gasteiger partial charge in [0.25, 0.3) is 0 Å². The first-order chi connectivity index (χ1) is 12.0. The Morgan fingerprint density at radius 2 is 1.92 bits per heavy atom. The summed E-state index contributed by atoms with van der Waals surface area (Å²) >= 11 is 0. The Hall–Kier alpha value is -2.08. The molecule has 3 N–H and O–H groups in total. The zero-order chi connectivity index (χ0) is 17.8. The Bertz CT molecular complexity index is 640. The fourth-order valence-electron chi connectivity index (χ4n) is 3.87. The molecule has 1 atom stereocenters. The van der Waals surface area contributed by atoms with Crippen LogP contribution >= 0.6 is 0 Å². The van der Waals surface area contributed by atoms with E-state index in [1.165, 1.54) is 32.4 Å². The summed E-state index contributed by atoms with van der Waals surface area (Å²) in [7, 11) is 0. The van der Waals surface area contributed by atoms with Crippen LogP contribution in [0.2, 0.25) is 0 Å². The van der Waals surface area contributed by atoms with Crippen molar-refractivity contribution in [2.75, 3.05) is 38.0 Å². The molecule has 25 heavy (non-hydrogen) atoms. The molecular formula is C19H28N4O2. The summed E-state index contributed by atoms with van der Waals surface area (Å²) in [6.45, 7) is 6.96. The van der Waals surface area contributed by atoms with E-state index >= 15 is 0 Å². The average Bonchev–Trinajstić information content (AvgIpc) is 3.04. The zero-order valence-electron chi connectivity index (χ0n) is 15.0. The molecule has 3 rings (SSSR count). The van der Waals surface area contributed by atoms with Gasteiger partial charge < -0.3 is 20.9 Å². The van der Waals surface area contributed by atoms with Crippen molar-refractivity contribution in [3.63, 3.8) is 0 Å². The summed E-state index contributed by atoms with van der Waals surface area (Å²) in [5.41, 5.74) is 7.28. The number of likely N-dealkylation sites (tertiary alicyclic amines) is 2. The Labute approximate surface area is 149 Å². The van der Waals surface area contributed by atoms with Gasteiger partial charge in [-0.1, -0.05) is 6.42 Å². The first-order valence-electron chi connectivity index (χ1n) is 9.21. The summed E-state index contributed by atoms with van der Waals surface area (Å²) in [6.07, 6.45) is 5.00. The van der Waals surface area contributed by atoms with Gasteiger partial charge in [-0.2, -0.15) is 0 Å². The number of nitrogens with one attached hydrogen (secondary N) is 1. The predicted molar refractivity (Wildman–Crippen MR) is 98.7 cm³/mol. The van der Waals surface area contributed by atoms with Crippen molar-refractivity contribution < 1.29 is 9.59 Å². The lowest BCUT2D eigenvalue weighted by atomic mass is 10.1. The van der Waals surface area contributed by atoms with Crippen molar-refractivity contribution >= 4 is 17.6 Å². The van der Waals surface area contributed by atoms with E-state index in [4.69, 9.17) is 5.73 Å². The highest BCUT2D eigenvalue weighted by Crippen LogP contribution is 2.21. The molecule has 1 unspecified atom stereocenters. The van der Waals surface area contributed by atoms with Gasteiger partial charge in [-0.15, -0.1) is 0 Å². The molecule has 2 heterocycles. The quantitative estimate of drug-likeness (QED) is 0.880. The van der Waals surface area contributed by atoms with Crippen LogP contribution in [0, 0.1) is 12.8 Å². The van der Waals surface area contributed by atoms with E-state index in [9.17, 15) is 9.59 Å². The van der Waals surface area contributed by atoms with Crippen LogP contribution < -0.4 is 11.1 Å². The van der Waals surface area contributed by atoms with Crippen LogP contribution in [-0.4, -0.2) is 54.5 Å². The number of amides is 3. The van der Waals surface area contributed by atoms with Crippen molar-refractivity contribution in [1.29, 1.82) is 0 Å². The highest BCUT2D eigenvalue weighted by molar-refractivity contribution is 5.96. The highest BCUT2D eigenvalue weighted by Gasteiger charge is 2.28. The Kier molecular flexibility index (Phi) is 5.58. The van der Waals surface area contributed by atoms with Crippen LogP contribution in [0.15, 0.2) is 18.2 Å². The van der Waals surface area contributed by atoms with Crippen molar-refractivity contribution in [1.82, 2.24) is 9.80 Å². The van der Waals surface area contributed by atoms with E-state index in [2.05, 4.69) is 10.2 Å². The van der Waals surface area contributed by atoms with Crippen LogP contribution in [-0.2, 0) is 0 Å². The molecule has 6 nitrogen and oxygen atoms in total. The summed E-state index contributed by atoms with van der Waals surface area (Å²) in [6, 6.07) is 5.12. The number of anilines is 1. The third-order valence-electron chi connectivity index (χ3n) is 5.15. The number of aryl methyl sites for hydroxylation is 1. The zero-order valence-corrected chi connectivity index (χ0v) is 15.0. The molecule has 2 fully saturated rings. The van der Waals surface area contributed by atoms with Gasteiger partial charge in [-0.25, -0.2) is 4.79 Å². The number of benzene rings is 1. The average molecular weight is 344 g/mol. The second-order valence-electron chi connectivity index (χ2n) is 7.34. The maximum Gasteiger partial charge on any atom is 0.321 e. The number of nitrogens with two attached hydrogens (primary N) is 1. The molecule has 136 valence electrons. The first-order valence-corrected chi connectivity index (χ1v) is 9.21. The number of primary amides is 1. The molecule has 0 saturated carbocycles. The minimum Gasteiger partial charge on any atom is -0.366 e. The molecule has 2 aliphatic heterocycles. The Morgan fingerprint density at radius 3 is 2.64 bits per heavy atom. The summed E-state index contributed by atoms with van der Waals surface area (Å²) in [5.74, 6) is 0.0736. The minimum atomic E-state index is -0.484. The van der Waals surface area contributed by atoms with Crippen molar-refractivity contribution in [3.05, 3.63) is 29.3 Å². The van der Waals surface area contributed by atoms with Gasteiger partial charge >= 0.3 is 6.03 Å². The van der Waals surface area contributed by atoms with Crippen LogP contribution in [0.25, 0.3) is 0 Å². The lowest BCUT2D eigenvalue weighted by molar-refractivity contribution is 0.1000. The number of urea groups is 1. The Balaban J connectivity index is 1.54. The predicted octanol–water partition coefficient (Wildman–Crippen LogP) is 2.43. The smallest absolute Gasteiger partial charge is 0.321 e. The fourth-order valence-corrected chi connectivity index (χ4v) is 3.87. The molecule has 0 aliphatic carbocycles. The molecule has 1 aromatic carbocycles. The maximum absolute atomic E-state index is 12.5. The third kappa shape index (κ3) is 4.72. The number of hydrogen-bond donors (Lipinski definition) is 2.